The second kappa shape index (κ2) is 8.21. The van der Waals surface area contributed by atoms with Gasteiger partial charge in [-0.1, -0.05) is 30.3 Å². The first-order chi connectivity index (χ1) is 14.1. The van der Waals surface area contributed by atoms with Crippen molar-refractivity contribution < 1.29 is 9.59 Å². The second-order valence-corrected chi connectivity index (χ2v) is 8.01. The van der Waals surface area contributed by atoms with Gasteiger partial charge in [0.1, 0.15) is 0 Å². The van der Waals surface area contributed by atoms with E-state index in [-0.39, 0.29) is 28.9 Å². The lowest BCUT2D eigenvalue weighted by atomic mass is 9.90. The highest BCUT2D eigenvalue weighted by Crippen LogP contribution is 2.24. The number of Topliss-reactive ketones (excluding diaryl/α,β-unsaturated/α-hetero) is 1. The molecule has 1 amide bonds. The Morgan fingerprint density at radius 1 is 1.10 bits per heavy atom. The molecule has 7 heteroatoms. The van der Waals surface area contributed by atoms with Gasteiger partial charge in [0.2, 0.25) is 0 Å². The molecule has 1 fully saturated rings. The zero-order valence-corrected chi connectivity index (χ0v) is 16.9. The van der Waals surface area contributed by atoms with Crippen LogP contribution in [0.4, 0.5) is 0 Å². The Morgan fingerprint density at radius 3 is 2.55 bits per heavy atom. The van der Waals surface area contributed by atoms with Crippen LogP contribution in [0.3, 0.4) is 0 Å². The fourth-order valence-electron chi connectivity index (χ4n) is 3.79. The highest BCUT2D eigenvalue weighted by molar-refractivity contribution is 7.98. The summed E-state index contributed by atoms with van der Waals surface area (Å²) in [4.78, 5) is 40.9. The lowest BCUT2D eigenvalue weighted by molar-refractivity contribution is 0.0633. The van der Waals surface area contributed by atoms with Gasteiger partial charge >= 0.3 is 0 Å². The average molecular weight is 407 g/mol. The quantitative estimate of drug-likeness (QED) is 0.530. The van der Waals surface area contributed by atoms with Gasteiger partial charge in [0.05, 0.1) is 5.39 Å². The van der Waals surface area contributed by atoms with Crippen LogP contribution >= 0.6 is 11.8 Å². The zero-order chi connectivity index (χ0) is 20.4. The summed E-state index contributed by atoms with van der Waals surface area (Å²) < 4.78 is 0. The van der Waals surface area contributed by atoms with Crippen LogP contribution in [0.1, 0.15) is 33.7 Å². The summed E-state index contributed by atoms with van der Waals surface area (Å²) in [6.45, 7) is 0.931. The number of hydrogen-bond acceptors (Lipinski definition) is 5. The van der Waals surface area contributed by atoms with Crippen molar-refractivity contribution in [2.24, 2.45) is 5.92 Å². The number of likely N-dealkylation sites (tertiary alicyclic amines) is 1. The van der Waals surface area contributed by atoms with Gasteiger partial charge in [-0.3, -0.25) is 14.4 Å². The van der Waals surface area contributed by atoms with Crippen LogP contribution < -0.4 is 5.56 Å². The fourth-order valence-corrected chi connectivity index (χ4v) is 4.20. The number of aromatic amines is 1. The summed E-state index contributed by atoms with van der Waals surface area (Å²) in [5.74, 6) is -0.427. The first kappa shape index (κ1) is 19.4. The van der Waals surface area contributed by atoms with E-state index in [1.54, 1.807) is 40.9 Å². The van der Waals surface area contributed by atoms with Crippen molar-refractivity contribution in [3.8, 4) is 0 Å². The lowest BCUT2D eigenvalue weighted by Crippen LogP contribution is -2.43. The topological polar surface area (TPSA) is 83.1 Å². The van der Waals surface area contributed by atoms with Crippen LogP contribution in [0.5, 0.6) is 0 Å². The van der Waals surface area contributed by atoms with Gasteiger partial charge in [-0.25, -0.2) is 5.10 Å². The van der Waals surface area contributed by atoms with E-state index in [2.05, 4.69) is 10.2 Å². The van der Waals surface area contributed by atoms with Crippen molar-refractivity contribution in [3.05, 3.63) is 70.1 Å². The van der Waals surface area contributed by atoms with Crippen LogP contribution in [0.25, 0.3) is 10.8 Å². The summed E-state index contributed by atoms with van der Waals surface area (Å²) in [6, 6.07) is 14.5. The van der Waals surface area contributed by atoms with Gasteiger partial charge in [-0.15, -0.1) is 11.8 Å². The predicted molar refractivity (Wildman–Crippen MR) is 114 cm³/mol. The summed E-state index contributed by atoms with van der Waals surface area (Å²) in [5.41, 5.74) is 0.574. The Bertz CT molecular complexity index is 1120. The SMILES string of the molecule is CSc1ccc(C(=O)[C@@H]2CCCN(C(=O)c3n[nH]c(=O)c4ccccc34)C2)cc1. The molecular formula is C22H21N3O3S. The molecule has 0 radical (unpaired) electrons. The minimum Gasteiger partial charge on any atom is -0.336 e. The Morgan fingerprint density at radius 2 is 1.83 bits per heavy atom. The Labute approximate surface area is 172 Å². The number of aromatic nitrogens is 2. The van der Waals surface area contributed by atoms with Crippen molar-refractivity contribution in [3.63, 3.8) is 0 Å². The molecule has 0 spiro atoms. The summed E-state index contributed by atoms with van der Waals surface area (Å²) >= 11 is 1.63. The Hall–Kier alpha value is -2.93. The third-order valence-electron chi connectivity index (χ3n) is 5.35. The third-order valence-corrected chi connectivity index (χ3v) is 6.10. The molecule has 3 aromatic rings. The fraction of sp³-hybridized carbons (Fsp3) is 0.273. The van der Waals surface area contributed by atoms with E-state index in [9.17, 15) is 14.4 Å². The molecule has 1 aromatic heterocycles. The molecule has 29 heavy (non-hydrogen) atoms. The van der Waals surface area contributed by atoms with Gasteiger partial charge < -0.3 is 4.90 Å². The summed E-state index contributed by atoms with van der Waals surface area (Å²) in [7, 11) is 0. The molecule has 0 saturated carbocycles. The normalized spacial score (nSPS) is 16.7. The molecular weight excluding hydrogens is 386 g/mol. The molecule has 0 unspecified atom stereocenters. The number of carbonyl (C=O) groups is 2. The molecule has 2 heterocycles. The number of nitrogens with zero attached hydrogens (tertiary/aromatic N) is 2. The molecule has 1 aliphatic heterocycles. The third kappa shape index (κ3) is 3.82. The van der Waals surface area contributed by atoms with Gasteiger partial charge in [0.15, 0.2) is 11.5 Å². The van der Waals surface area contributed by atoms with Crippen molar-refractivity contribution >= 4 is 34.2 Å². The molecule has 2 aromatic carbocycles. The van der Waals surface area contributed by atoms with Crippen molar-refractivity contribution in [2.75, 3.05) is 19.3 Å². The number of nitrogens with one attached hydrogen (secondary N) is 1. The van der Waals surface area contributed by atoms with E-state index < -0.39 is 0 Å². The number of benzene rings is 2. The number of amides is 1. The number of thioether (sulfide) groups is 1. The van der Waals surface area contributed by atoms with Gasteiger partial charge in [-0.2, -0.15) is 5.10 Å². The van der Waals surface area contributed by atoms with Crippen LogP contribution in [0.2, 0.25) is 0 Å². The maximum absolute atomic E-state index is 13.1. The number of piperidine rings is 1. The molecule has 1 N–H and O–H groups in total. The first-order valence-corrected chi connectivity index (χ1v) is 10.8. The summed E-state index contributed by atoms with van der Waals surface area (Å²) in [6.07, 6.45) is 3.51. The largest absolute Gasteiger partial charge is 0.336 e. The minimum atomic E-state index is -0.322. The monoisotopic (exact) mass is 407 g/mol. The molecule has 0 aliphatic carbocycles. The van der Waals surface area contributed by atoms with E-state index in [0.29, 0.717) is 29.4 Å². The maximum Gasteiger partial charge on any atom is 0.274 e. The van der Waals surface area contributed by atoms with E-state index in [0.717, 1.165) is 17.7 Å². The number of rotatable bonds is 4. The molecule has 1 atom stereocenters. The highest BCUT2D eigenvalue weighted by Gasteiger charge is 2.30. The number of hydrogen-bond donors (Lipinski definition) is 1. The molecule has 148 valence electrons. The number of carbonyl (C=O) groups excluding carboxylic acids is 2. The van der Waals surface area contributed by atoms with E-state index in [1.807, 2.05) is 30.5 Å². The second-order valence-electron chi connectivity index (χ2n) is 7.13. The number of ketones is 1. The zero-order valence-electron chi connectivity index (χ0n) is 16.1. The van der Waals surface area contributed by atoms with Gasteiger partial charge in [0, 0.05) is 34.9 Å². The van der Waals surface area contributed by atoms with Crippen molar-refractivity contribution in [2.45, 2.75) is 17.7 Å². The lowest BCUT2D eigenvalue weighted by Gasteiger charge is -2.32. The molecule has 4 rings (SSSR count). The average Bonchev–Trinajstić information content (AvgIpc) is 2.79. The predicted octanol–water partition coefficient (Wildman–Crippen LogP) is 3.38. The maximum atomic E-state index is 13.1. The van der Waals surface area contributed by atoms with Crippen LogP contribution in [0.15, 0.2) is 58.2 Å². The Balaban J connectivity index is 1.57. The minimum absolute atomic E-state index is 0.0643. The van der Waals surface area contributed by atoms with Gasteiger partial charge in [-0.05, 0) is 37.3 Å². The first-order valence-electron chi connectivity index (χ1n) is 9.53. The van der Waals surface area contributed by atoms with Gasteiger partial charge in [0.25, 0.3) is 11.5 Å². The number of H-pyrrole nitrogens is 1. The van der Waals surface area contributed by atoms with E-state index in [4.69, 9.17) is 0 Å². The number of fused-ring (bicyclic) bond motifs is 1. The van der Waals surface area contributed by atoms with Crippen LogP contribution in [0, 0.1) is 5.92 Å². The van der Waals surface area contributed by atoms with Crippen LogP contribution in [-0.2, 0) is 0 Å². The van der Waals surface area contributed by atoms with E-state index in [1.165, 1.54) is 0 Å². The highest BCUT2D eigenvalue weighted by atomic mass is 32.2. The smallest absolute Gasteiger partial charge is 0.274 e. The van der Waals surface area contributed by atoms with Crippen LogP contribution in [-0.4, -0.2) is 46.1 Å². The molecule has 1 aliphatic rings. The van der Waals surface area contributed by atoms with E-state index >= 15 is 0 Å². The summed E-state index contributed by atoms with van der Waals surface area (Å²) in [5, 5.41) is 7.39. The standard InChI is InChI=1S/C22H21N3O3S/c1-29-16-10-8-14(9-11-16)20(26)15-5-4-12-25(13-15)22(28)19-17-6-2-3-7-18(17)21(27)24-23-19/h2-3,6-11,15H,4-5,12-13H2,1H3,(H,24,27)/t15-/m1/s1. The Kier molecular flexibility index (Phi) is 5.49. The van der Waals surface area contributed by atoms with Crippen molar-refractivity contribution in [1.29, 1.82) is 0 Å². The molecule has 0 bridgehead atoms. The molecule has 6 nitrogen and oxygen atoms in total. The molecule has 1 saturated heterocycles. The van der Waals surface area contributed by atoms with Crippen molar-refractivity contribution in [1.82, 2.24) is 15.1 Å².